The lowest BCUT2D eigenvalue weighted by Gasteiger charge is -2.07. The summed E-state index contributed by atoms with van der Waals surface area (Å²) < 4.78 is 49.8. The molecule has 30 heavy (non-hydrogen) atoms. The summed E-state index contributed by atoms with van der Waals surface area (Å²) in [6.45, 7) is 2.57. The number of anilines is 1. The predicted molar refractivity (Wildman–Crippen MR) is 115 cm³/mol. The summed E-state index contributed by atoms with van der Waals surface area (Å²) in [5, 5.41) is 3.81. The minimum Gasteiger partial charge on any atom is -0.497 e. The Morgan fingerprint density at radius 3 is 2.60 bits per heavy atom. The predicted octanol–water partition coefficient (Wildman–Crippen LogP) is 3.37. The van der Waals surface area contributed by atoms with Crippen LogP contribution >= 0.6 is 11.5 Å². The van der Waals surface area contributed by atoms with Crippen LogP contribution in [0.4, 0.5) is 9.52 Å². The molecule has 0 unspecified atom stereocenters. The number of sulfonamides is 1. The molecule has 7 nitrogen and oxygen atoms in total. The summed E-state index contributed by atoms with van der Waals surface area (Å²) in [6.07, 6.45) is 1.11. The van der Waals surface area contributed by atoms with Crippen LogP contribution in [-0.4, -0.2) is 38.0 Å². The second-order valence-electron chi connectivity index (χ2n) is 6.63. The molecule has 0 atom stereocenters. The summed E-state index contributed by atoms with van der Waals surface area (Å²) in [5.74, 6) is 1.04. The molecule has 0 aliphatic rings. The highest BCUT2D eigenvalue weighted by Gasteiger charge is 2.13. The lowest BCUT2D eigenvalue weighted by molar-refractivity contribution is 0.414. The number of benzene rings is 2. The molecule has 0 aliphatic carbocycles. The Labute approximate surface area is 179 Å². The average Bonchev–Trinajstić information content (AvgIpc) is 3.17. The van der Waals surface area contributed by atoms with Crippen LogP contribution in [0.15, 0.2) is 47.4 Å². The van der Waals surface area contributed by atoms with Gasteiger partial charge in [0.15, 0.2) is 0 Å². The van der Waals surface area contributed by atoms with E-state index in [1.807, 2.05) is 0 Å². The largest absolute Gasteiger partial charge is 0.497 e. The SMILES string of the molecule is COc1ccc(S(=O)(=O)NCCCNc2nc(Cc3ccc(F)c(C)c3)ns2)cc1. The van der Waals surface area contributed by atoms with Crippen molar-refractivity contribution in [1.82, 2.24) is 14.1 Å². The standard InChI is InChI=1S/C20H23FN4O3S2/c1-14-12-15(4-9-18(14)21)13-19-24-20(29-25-19)22-10-3-11-23-30(26,27)17-7-5-16(28-2)6-8-17/h4-9,12,23H,3,10-11,13H2,1-2H3,(H,22,24,25). The van der Waals surface area contributed by atoms with Gasteiger partial charge in [-0.2, -0.15) is 4.37 Å². The molecule has 0 saturated carbocycles. The lowest BCUT2D eigenvalue weighted by atomic mass is 10.1. The van der Waals surface area contributed by atoms with Crippen molar-refractivity contribution in [2.45, 2.75) is 24.7 Å². The van der Waals surface area contributed by atoms with E-state index in [4.69, 9.17) is 4.74 Å². The maximum absolute atomic E-state index is 13.4. The van der Waals surface area contributed by atoms with Gasteiger partial charge in [0, 0.05) is 31.0 Å². The molecule has 1 aromatic heterocycles. The van der Waals surface area contributed by atoms with E-state index in [1.165, 1.54) is 36.8 Å². The Balaban J connectivity index is 1.42. The van der Waals surface area contributed by atoms with Gasteiger partial charge in [-0.3, -0.25) is 0 Å². The Kier molecular flexibility index (Phi) is 7.35. The van der Waals surface area contributed by atoms with Crippen LogP contribution in [0.3, 0.4) is 0 Å². The van der Waals surface area contributed by atoms with Crippen molar-refractivity contribution in [1.29, 1.82) is 0 Å². The molecule has 0 spiro atoms. The van der Waals surface area contributed by atoms with Crippen molar-refractivity contribution in [3.8, 4) is 5.75 Å². The zero-order valence-electron chi connectivity index (χ0n) is 16.7. The van der Waals surface area contributed by atoms with E-state index < -0.39 is 10.0 Å². The second-order valence-corrected chi connectivity index (χ2v) is 9.15. The molecule has 0 aliphatic heterocycles. The van der Waals surface area contributed by atoms with Crippen molar-refractivity contribution < 1.29 is 17.5 Å². The van der Waals surface area contributed by atoms with E-state index in [9.17, 15) is 12.8 Å². The maximum Gasteiger partial charge on any atom is 0.240 e. The first-order chi connectivity index (χ1) is 14.4. The van der Waals surface area contributed by atoms with Gasteiger partial charge < -0.3 is 10.1 Å². The van der Waals surface area contributed by atoms with E-state index in [1.54, 1.807) is 31.2 Å². The summed E-state index contributed by atoms with van der Waals surface area (Å²) in [7, 11) is -2.03. The van der Waals surface area contributed by atoms with Crippen LogP contribution in [0.2, 0.25) is 0 Å². The molecule has 3 aromatic rings. The molecule has 2 aromatic carbocycles. The third-order valence-corrected chi connectivity index (χ3v) is 6.53. The van der Waals surface area contributed by atoms with Gasteiger partial charge in [0.1, 0.15) is 17.4 Å². The molecule has 0 fully saturated rings. The van der Waals surface area contributed by atoms with Crippen molar-refractivity contribution in [2.24, 2.45) is 0 Å². The number of aromatic nitrogens is 2. The maximum atomic E-state index is 13.4. The highest BCUT2D eigenvalue weighted by Crippen LogP contribution is 2.17. The molecule has 0 radical (unpaired) electrons. The summed E-state index contributed by atoms with van der Waals surface area (Å²) in [6, 6.07) is 11.2. The number of methoxy groups -OCH3 is 1. The van der Waals surface area contributed by atoms with Gasteiger partial charge in [0.05, 0.1) is 12.0 Å². The number of ether oxygens (including phenoxy) is 1. The highest BCUT2D eigenvalue weighted by molar-refractivity contribution is 7.89. The zero-order valence-corrected chi connectivity index (χ0v) is 18.3. The monoisotopic (exact) mass is 450 g/mol. The van der Waals surface area contributed by atoms with Crippen molar-refractivity contribution >= 4 is 26.7 Å². The van der Waals surface area contributed by atoms with Gasteiger partial charge in [-0.25, -0.2) is 22.5 Å². The molecular formula is C20H23FN4O3S2. The average molecular weight is 451 g/mol. The van der Waals surface area contributed by atoms with E-state index in [0.29, 0.717) is 48.2 Å². The van der Waals surface area contributed by atoms with Gasteiger partial charge in [-0.15, -0.1) is 0 Å². The van der Waals surface area contributed by atoms with Gasteiger partial charge in [-0.1, -0.05) is 12.1 Å². The minimum atomic E-state index is -3.55. The van der Waals surface area contributed by atoms with Crippen molar-refractivity contribution in [3.05, 3.63) is 65.2 Å². The minimum absolute atomic E-state index is 0.195. The Morgan fingerprint density at radius 1 is 1.13 bits per heavy atom. The molecule has 0 bridgehead atoms. The molecule has 1 heterocycles. The quantitative estimate of drug-likeness (QED) is 0.460. The van der Waals surface area contributed by atoms with Crippen LogP contribution in [0.1, 0.15) is 23.4 Å². The normalized spacial score (nSPS) is 11.4. The Bertz CT molecular complexity index is 1090. The van der Waals surface area contributed by atoms with E-state index in [0.717, 1.165) is 5.56 Å². The molecule has 3 rings (SSSR count). The number of rotatable bonds is 10. The number of hydrogen-bond acceptors (Lipinski definition) is 7. The highest BCUT2D eigenvalue weighted by atomic mass is 32.2. The summed E-state index contributed by atoms with van der Waals surface area (Å²) >= 11 is 1.24. The molecule has 0 saturated heterocycles. The topological polar surface area (TPSA) is 93.2 Å². The Hall–Kier alpha value is -2.56. The van der Waals surface area contributed by atoms with Crippen LogP contribution in [-0.2, 0) is 16.4 Å². The number of nitrogens with one attached hydrogen (secondary N) is 2. The third-order valence-electron chi connectivity index (χ3n) is 4.34. The Morgan fingerprint density at radius 2 is 1.90 bits per heavy atom. The van der Waals surface area contributed by atoms with Gasteiger partial charge in [0.25, 0.3) is 0 Å². The second kappa shape index (κ2) is 9.96. The fraction of sp³-hybridized carbons (Fsp3) is 0.300. The summed E-state index contributed by atoms with van der Waals surface area (Å²) in [4.78, 5) is 4.62. The first-order valence-electron chi connectivity index (χ1n) is 9.32. The van der Waals surface area contributed by atoms with E-state index >= 15 is 0 Å². The number of nitrogens with zero attached hydrogens (tertiary/aromatic N) is 2. The van der Waals surface area contributed by atoms with E-state index in [2.05, 4.69) is 19.4 Å². The van der Waals surface area contributed by atoms with E-state index in [-0.39, 0.29) is 10.7 Å². The smallest absolute Gasteiger partial charge is 0.240 e. The van der Waals surface area contributed by atoms with Crippen LogP contribution in [0, 0.1) is 12.7 Å². The first kappa shape index (κ1) is 22.1. The fourth-order valence-electron chi connectivity index (χ4n) is 2.73. The number of aryl methyl sites for hydroxylation is 1. The van der Waals surface area contributed by atoms with Crippen molar-refractivity contribution in [2.75, 3.05) is 25.5 Å². The van der Waals surface area contributed by atoms with Crippen LogP contribution in [0.5, 0.6) is 5.75 Å². The summed E-state index contributed by atoms with van der Waals surface area (Å²) in [5.41, 5.74) is 1.55. The van der Waals surface area contributed by atoms with Crippen LogP contribution in [0.25, 0.3) is 0 Å². The van der Waals surface area contributed by atoms with Crippen molar-refractivity contribution in [3.63, 3.8) is 0 Å². The third kappa shape index (κ3) is 5.97. The van der Waals surface area contributed by atoms with Gasteiger partial charge in [0.2, 0.25) is 15.2 Å². The molecule has 0 amide bonds. The first-order valence-corrected chi connectivity index (χ1v) is 11.6. The molecule has 2 N–H and O–H groups in total. The molecule has 160 valence electrons. The molecular weight excluding hydrogens is 427 g/mol. The number of halogens is 1. The number of hydrogen-bond donors (Lipinski definition) is 2. The van der Waals surface area contributed by atoms with Crippen LogP contribution < -0.4 is 14.8 Å². The van der Waals surface area contributed by atoms with Gasteiger partial charge in [-0.05, 0) is 54.8 Å². The van der Waals surface area contributed by atoms with Gasteiger partial charge >= 0.3 is 0 Å². The lowest BCUT2D eigenvalue weighted by Crippen LogP contribution is -2.26. The molecule has 10 heteroatoms. The zero-order chi connectivity index (χ0) is 21.6. The fourth-order valence-corrected chi connectivity index (χ4v) is 4.41.